The lowest BCUT2D eigenvalue weighted by atomic mass is 10.00. The van der Waals surface area contributed by atoms with Gasteiger partial charge in [0, 0.05) is 33.8 Å². The zero-order valence-corrected chi connectivity index (χ0v) is 16.8. The fourth-order valence-electron chi connectivity index (χ4n) is 3.82. The van der Waals surface area contributed by atoms with Crippen LogP contribution in [-0.2, 0) is 0 Å². The Morgan fingerprint density at radius 3 is 2.31 bits per heavy atom. The zero-order valence-electron chi connectivity index (χ0n) is 16.8. The molecule has 0 radical (unpaired) electrons. The smallest absolute Gasteiger partial charge is 0.227 e. The molecule has 0 aliphatic carbocycles. The summed E-state index contributed by atoms with van der Waals surface area (Å²) in [7, 11) is 0. The molecule has 0 bridgehead atoms. The van der Waals surface area contributed by atoms with Gasteiger partial charge in [0.15, 0.2) is 0 Å². The first-order chi connectivity index (χ1) is 14.1. The van der Waals surface area contributed by atoms with Crippen LogP contribution in [0.5, 0.6) is 0 Å². The molecule has 2 aromatic carbocycles. The number of hydrogen-bond acceptors (Lipinski definition) is 3. The molecule has 0 aliphatic rings. The molecular weight excluding hydrogens is 356 g/mol. The minimum Gasteiger partial charge on any atom is -0.437 e. The van der Waals surface area contributed by atoms with Crippen molar-refractivity contribution in [1.29, 1.82) is 0 Å². The third kappa shape index (κ3) is 2.99. The predicted molar refractivity (Wildman–Crippen MR) is 119 cm³/mol. The summed E-state index contributed by atoms with van der Waals surface area (Å²) in [5.74, 6) is 0.362. The van der Waals surface area contributed by atoms with Gasteiger partial charge in [-0.1, -0.05) is 62.4 Å². The largest absolute Gasteiger partial charge is 0.437 e. The van der Waals surface area contributed by atoms with Crippen molar-refractivity contribution in [3.8, 4) is 22.4 Å². The van der Waals surface area contributed by atoms with Crippen molar-refractivity contribution in [1.82, 2.24) is 9.97 Å². The highest BCUT2D eigenvalue weighted by atomic mass is 16.3. The Bertz CT molecular complexity index is 1320. The number of pyridine rings is 2. The number of fused-ring (bicyclic) bond motifs is 3. The lowest BCUT2D eigenvalue weighted by Crippen LogP contribution is -1.90. The van der Waals surface area contributed by atoms with E-state index in [0.717, 1.165) is 50.0 Å². The lowest BCUT2D eigenvalue weighted by molar-refractivity contribution is 0.648. The lowest BCUT2D eigenvalue weighted by Gasteiger charge is -2.07. The van der Waals surface area contributed by atoms with Gasteiger partial charge in [-0.25, -0.2) is 4.98 Å². The van der Waals surface area contributed by atoms with Gasteiger partial charge in [0.25, 0.3) is 0 Å². The molecule has 142 valence electrons. The molecule has 0 amide bonds. The van der Waals surface area contributed by atoms with Crippen molar-refractivity contribution >= 4 is 22.1 Å². The van der Waals surface area contributed by atoms with Crippen LogP contribution >= 0.6 is 0 Å². The van der Waals surface area contributed by atoms with E-state index < -0.39 is 0 Å². The second kappa shape index (κ2) is 6.85. The molecule has 0 atom stereocenters. The highest BCUT2D eigenvalue weighted by molar-refractivity contribution is 6.09. The van der Waals surface area contributed by atoms with E-state index in [1.807, 2.05) is 24.4 Å². The van der Waals surface area contributed by atoms with Crippen LogP contribution in [-0.4, -0.2) is 9.97 Å². The van der Waals surface area contributed by atoms with Gasteiger partial charge in [-0.2, -0.15) is 0 Å². The molecule has 5 aromatic rings. The third-order valence-corrected chi connectivity index (χ3v) is 5.46. The van der Waals surface area contributed by atoms with Gasteiger partial charge in [-0.05, 0) is 42.2 Å². The van der Waals surface area contributed by atoms with Crippen LogP contribution in [0.25, 0.3) is 44.5 Å². The van der Waals surface area contributed by atoms with Gasteiger partial charge in [0.1, 0.15) is 5.58 Å². The van der Waals surface area contributed by atoms with Crippen LogP contribution in [0.4, 0.5) is 0 Å². The molecule has 3 aromatic heterocycles. The SMILES string of the molecule is Cc1ccc2c(oc3nc(C(C)C)ccc32)c1-c1ccc(-c2ccccc2)cn1. The van der Waals surface area contributed by atoms with Gasteiger partial charge < -0.3 is 4.42 Å². The first-order valence-electron chi connectivity index (χ1n) is 9.96. The second-order valence-electron chi connectivity index (χ2n) is 7.78. The van der Waals surface area contributed by atoms with E-state index in [1.165, 1.54) is 0 Å². The predicted octanol–water partition coefficient (Wildman–Crippen LogP) is 7.14. The number of nitrogens with zero attached hydrogens (tertiary/aromatic N) is 2. The molecule has 3 heterocycles. The van der Waals surface area contributed by atoms with Crippen LogP contribution < -0.4 is 0 Å². The maximum atomic E-state index is 6.27. The number of furan rings is 1. The Hall–Kier alpha value is -3.46. The number of aryl methyl sites for hydroxylation is 1. The van der Waals surface area contributed by atoms with E-state index in [9.17, 15) is 0 Å². The van der Waals surface area contributed by atoms with Crippen LogP contribution in [0.2, 0.25) is 0 Å². The quantitative estimate of drug-likeness (QED) is 0.335. The van der Waals surface area contributed by atoms with Crippen LogP contribution in [0.15, 0.2) is 77.3 Å². The standard InChI is InChI=1S/C26H22N2O/c1-16(2)22-14-12-21-20-11-9-17(3)24(25(20)29-26(21)28-22)23-13-10-19(15-27-23)18-7-5-4-6-8-18/h4-16H,1-3H3. The monoisotopic (exact) mass is 378 g/mol. The molecular formula is C26H22N2O. The number of benzene rings is 2. The van der Waals surface area contributed by atoms with E-state index in [4.69, 9.17) is 14.4 Å². The first kappa shape index (κ1) is 17.6. The Labute approximate surface area is 170 Å². The number of aromatic nitrogens is 2. The maximum absolute atomic E-state index is 6.27. The minimum absolute atomic E-state index is 0.362. The molecule has 3 heteroatoms. The van der Waals surface area contributed by atoms with Crippen LogP contribution in [0.3, 0.4) is 0 Å². The van der Waals surface area contributed by atoms with E-state index in [2.05, 4.69) is 69.3 Å². The van der Waals surface area contributed by atoms with Crippen molar-refractivity contribution in [2.24, 2.45) is 0 Å². The fraction of sp³-hybridized carbons (Fsp3) is 0.154. The highest BCUT2D eigenvalue weighted by Gasteiger charge is 2.17. The third-order valence-electron chi connectivity index (χ3n) is 5.46. The van der Waals surface area contributed by atoms with Crippen molar-refractivity contribution in [2.75, 3.05) is 0 Å². The molecule has 0 aliphatic heterocycles. The molecule has 29 heavy (non-hydrogen) atoms. The summed E-state index contributed by atoms with van der Waals surface area (Å²) in [5.41, 5.74) is 7.94. The maximum Gasteiger partial charge on any atom is 0.227 e. The average molecular weight is 378 g/mol. The molecule has 0 spiro atoms. The van der Waals surface area contributed by atoms with Gasteiger partial charge in [-0.15, -0.1) is 0 Å². The van der Waals surface area contributed by atoms with Crippen LogP contribution in [0, 0.1) is 6.92 Å². The summed E-state index contributed by atoms with van der Waals surface area (Å²) >= 11 is 0. The molecule has 0 N–H and O–H groups in total. The molecule has 5 rings (SSSR count). The Kier molecular flexibility index (Phi) is 4.17. The summed E-state index contributed by atoms with van der Waals surface area (Å²) in [5, 5.41) is 2.13. The summed E-state index contributed by atoms with van der Waals surface area (Å²) in [6, 6.07) is 23.0. The topological polar surface area (TPSA) is 38.9 Å². The normalized spacial score (nSPS) is 11.6. The summed E-state index contributed by atoms with van der Waals surface area (Å²) < 4.78 is 6.27. The summed E-state index contributed by atoms with van der Waals surface area (Å²) in [4.78, 5) is 9.51. The minimum atomic E-state index is 0.362. The molecule has 0 saturated heterocycles. The van der Waals surface area contributed by atoms with E-state index in [1.54, 1.807) is 0 Å². The van der Waals surface area contributed by atoms with Crippen molar-refractivity contribution < 1.29 is 4.42 Å². The summed E-state index contributed by atoms with van der Waals surface area (Å²) in [6.45, 7) is 6.39. The van der Waals surface area contributed by atoms with Crippen molar-refractivity contribution in [2.45, 2.75) is 26.7 Å². The number of hydrogen-bond donors (Lipinski definition) is 0. The Morgan fingerprint density at radius 1 is 0.793 bits per heavy atom. The summed E-state index contributed by atoms with van der Waals surface area (Å²) in [6.07, 6.45) is 1.93. The second-order valence-corrected chi connectivity index (χ2v) is 7.78. The van der Waals surface area contributed by atoms with Gasteiger partial charge >= 0.3 is 0 Å². The average Bonchev–Trinajstić information content (AvgIpc) is 3.12. The highest BCUT2D eigenvalue weighted by Crippen LogP contribution is 2.37. The molecule has 0 unspecified atom stereocenters. The molecule has 0 saturated carbocycles. The van der Waals surface area contributed by atoms with Crippen LogP contribution in [0.1, 0.15) is 31.0 Å². The Balaban J connectivity index is 1.68. The van der Waals surface area contributed by atoms with Crippen molar-refractivity contribution in [3.05, 3.63) is 84.2 Å². The van der Waals surface area contributed by atoms with Crippen molar-refractivity contribution in [3.63, 3.8) is 0 Å². The van der Waals surface area contributed by atoms with E-state index in [-0.39, 0.29) is 0 Å². The fourth-order valence-corrected chi connectivity index (χ4v) is 3.82. The molecule has 3 nitrogen and oxygen atoms in total. The Morgan fingerprint density at radius 2 is 1.59 bits per heavy atom. The van der Waals surface area contributed by atoms with Gasteiger partial charge in [0.05, 0.1) is 5.69 Å². The molecule has 0 fully saturated rings. The zero-order chi connectivity index (χ0) is 20.0. The van der Waals surface area contributed by atoms with Gasteiger partial charge in [0.2, 0.25) is 5.71 Å². The van der Waals surface area contributed by atoms with E-state index >= 15 is 0 Å². The first-order valence-corrected chi connectivity index (χ1v) is 9.96. The van der Waals surface area contributed by atoms with Gasteiger partial charge in [-0.3, -0.25) is 4.98 Å². The number of rotatable bonds is 3. The van der Waals surface area contributed by atoms with E-state index in [0.29, 0.717) is 11.6 Å².